The van der Waals surface area contributed by atoms with Crippen LogP contribution in [-0.4, -0.2) is 12.0 Å². The van der Waals surface area contributed by atoms with Gasteiger partial charge >= 0.3 is 0 Å². The molecule has 0 unspecified atom stereocenters. The SMILES string of the molecule is Cc1cc(C)cc(N(C)c2ccc(Br)cn2)c1. The van der Waals surface area contributed by atoms with E-state index >= 15 is 0 Å². The van der Waals surface area contributed by atoms with E-state index in [-0.39, 0.29) is 0 Å². The average molecular weight is 291 g/mol. The summed E-state index contributed by atoms with van der Waals surface area (Å²) in [5.41, 5.74) is 3.70. The monoisotopic (exact) mass is 290 g/mol. The molecule has 17 heavy (non-hydrogen) atoms. The molecule has 1 aromatic heterocycles. The van der Waals surface area contributed by atoms with E-state index in [0.717, 1.165) is 16.0 Å². The fraction of sp³-hybridized carbons (Fsp3) is 0.214. The Kier molecular flexibility index (Phi) is 3.48. The second kappa shape index (κ2) is 4.88. The zero-order valence-corrected chi connectivity index (χ0v) is 11.8. The van der Waals surface area contributed by atoms with E-state index in [4.69, 9.17) is 0 Å². The van der Waals surface area contributed by atoms with Gasteiger partial charge in [0.1, 0.15) is 5.82 Å². The van der Waals surface area contributed by atoms with Crippen molar-refractivity contribution in [1.82, 2.24) is 4.98 Å². The summed E-state index contributed by atoms with van der Waals surface area (Å²) in [6.07, 6.45) is 1.81. The van der Waals surface area contributed by atoms with Crippen molar-refractivity contribution in [2.45, 2.75) is 13.8 Å². The Bertz CT molecular complexity index is 500. The fourth-order valence-corrected chi connectivity index (χ4v) is 2.08. The minimum Gasteiger partial charge on any atom is -0.329 e. The van der Waals surface area contributed by atoms with Crippen molar-refractivity contribution in [3.8, 4) is 0 Å². The molecule has 0 N–H and O–H groups in total. The zero-order valence-electron chi connectivity index (χ0n) is 10.2. The molecular weight excluding hydrogens is 276 g/mol. The Labute approximate surface area is 110 Å². The van der Waals surface area contributed by atoms with Gasteiger partial charge in [0.05, 0.1) is 0 Å². The molecule has 1 aromatic carbocycles. The number of hydrogen-bond acceptors (Lipinski definition) is 2. The molecule has 1 heterocycles. The molecule has 2 nitrogen and oxygen atoms in total. The van der Waals surface area contributed by atoms with Crippen LogP contribution in [0.3, 0.4) is 0 Å². The van der Waals surface area contributed by atoms with Crippen LogP contribution in [0.25, 0.3) is 0 Å². The molecule has 0 aliphatic carbocycles. The van der Waals surface area contributed by atoms with Crippen molar-refractivity contribution in [2.24, 2.45) is 0 Å². The third-order valence-electron chi connectivity index (χ3n) is 2.65. The van der Waals surface area contributed by atoms with Crippen molar-refractivity contribution >= 4 is 27.4 Å². The van der Waals surface area contributed by atoms with Gasteiger partial charge in [0.25, 0.3) is 0 Å². The summed E-state index contributed by atoms with van der Waals surface area (Å²) in [6, 6.07) is 10.5. The first-order chi connectivity index (χ1) is 8.06. The third-order valence-corrected chi connectivity index (χ3v) is 3.12. The Morgan fingerprint density at radius 2 is 1.71 bits per heavy atom. The van der Waals surface area contributed by atoms with Crippen LogP contribution in [0.1, 0.15) is 11.1 Å². The average Bonchev–Trinajstić information content (AvgIpc) is 2.28. The zero-order chi connectivity index (χ0) is 12.4. The van der Waals surface area contributed by atoms with E-state index in [2.05, 4.69) is 57.9 Å². The summed E-state index contributed by atoms with van der Waals surface area (Å²) in [5.74, 6) is 0.943. The van der Waals surface area contributed by atoms with E-state index in [1.165, 1.54) is 11.1 Å². The molecule has 0 saturated carbocycles. The molecule has 0 aliphatic heterocycles. The highest BCUT2D eigenvalue weighted by Gasteiger charge is 2.05. The molecule has 3 heteroatoms. The van der Waals surface area contributed by atoms with Crippen LogP contribution in [0.4, 0.5) is 11.5 Å². The number of aromatic nitrogens is 1. The van der Waals surface area contributed by atoms with Crippen molar-refractivity contribution < 1.29 is 0 Å². The van der Waals surface area contributed by atoms with Crippen LogP contribution >= 0.6 is 15.9 Å². The van der Waals surface area contributed by atoms with Gasteiger partial charge in [-0.15, -0.1) is 0 Å². The van der Waals surface area contributed by atoms with Gasteiger partial charge in [-0.1, -0.05) is 6.07 Å². The molecule has 2 rings (SSSR count). The maximum absolute atomic E-state index is 4.39. The minimum atomic E-state index is 0.943. The summed E-state index contributed by atoms with van der Waals surface area (Å²) >= 11 is 3.39. The highest BCUT2D eigenvalue weighted by molar-refractivity contribution is 9.10. The number of anilines is 2. The quantitative estimate of drug-likeness (QED) is 0.823. The predicted molar refractivity (Wildman–Crippen MR) is 75.9 cm³/mol. The minimum absolute atomic E-state index is 0.943. The third kappa shape index (κ3) is 2.86. The van der Waals surface area contributed by atoms with Gasteiger partial charge in [0.15, 0.2) is 0 Å². The van der Waals surface area contributed by atoms with E-state index in [9.17, 15) is 0 Å². The molecule has 0 radical (unpaired) electrons. The lowest BCUT2D eigenvalue weighted by atomic mass is 10.1. The number of halogens is 1. The van der Waals surface area contributed by atoms with Crippen molar-refractivity contribution in [2.75, 3.05) is 11.9 Å². The van der Waals surface area contributed by atoms with Gasteiger partial charge in [0, 0.05) is 23.4 Å². The van der Waals surface area contributed by atoms with Gasteiger partial charge in [-0.25, -0.2) is 4.98 Å². The number of aryl methyl sites for hydroxylation is 2. The van der Waals surface area contributed by atoms with Gasteiger partial charge in [-0.2, -0.15) is 0 Å². The number of rotatable bonds is 2. The number of benzene rings is 1. The number of nitrogens with zero attached hydrogens (tertiary/aromatic N) is 2. The highest BCUT2D eigenvalue weighted by atomic mass is 79.9. The van der Waals surface area contributed by atoms with E-state index in [0.29, 0.717) is 0 Å². The Morgan fingerprint density at radius 1 is 1.06 bits per heavy atom. The molecule has 0 fully saturated rings. The molecule has 0 aliphatic rings. The second-order valence-corrected chi connectivity index (χ2v) is 5.16. The van der Waals surface area contributed by atoms with E-state index in [1.807, 2.05) is 25.4 Å². The largest absolute Gasteiger partial charge is 0.329 e. The standard InChI is InChI=1S/C14H15BrN2/c1-10-6-11(2)8-13(7-10)17(3)14-5-4-12(15)9-16-14/h4-9H,1-3H3. The lowest BCUT2D eigenvalue weighted by Gasteiger charge is -2.19. The summed E-state index contributed by atoms with van der Waals surface area (Å²) in [4.78, 5) is 6.48. The van der Waals surface area contributed by atoms with Crippen LogP contribution < -0.4 is 4.90 Å². The molecular formula is C14H15BrN2. The normalized spacial score (nSPS) is 10.4. The molecule has 2 aromatic rings. The number of pyridine rings is 1. The fourth-order valence-electron chi connectivity index (χ4n) is 1.84. The van der Waals surface area contributed by atoms with Crippen LogP contribution in [0.15, 0.2) is 41.0 Å². The van der Waals surface area contributed by atoms with Gasteiger partial charge in [-0.3, -0.25) is 0 Å². The van der Waals surface area contributed by atoms with Crippen LogP contribution in [-0.2, 0) is 0 Å². The van der Waals surface area contributed by atoms with Crippen molar-refractivity contribution in [3.63, 3.8) is 0 Å². The van der Waals surface area contributed by atoms with Crippen molar-refractivity contribution in [1.29, 1.82) is 0 Å². The Balaban J connectivity index is 2.36. The predicted octanol–water partition coefficient (Wildman–Crippen LogP) is 4.23. The molecule has 0 bridgehead atoms. The molecule has 88 valence electrons. The van der Waals surface area contributed by atoms with Gasteiger partial charge < -0.3 is 4.90 Å². The first kappa shape index (κ1) is 12.1. The van der Waals surface area contributed by atoms with Crippen LogP contribution in [0, 0.1) is 13.8 Å². The molecule has 0 atom stereocenters. The molecule has 0 spiro atoms. The lowest BCUT2D eigenvalue weighted by Crippen LogP contribution is -2.11. The summed E-state index contributed by atoms with van der Waals surface area (Å²) in [7, 11) is 2.03. The summed E-state index contributed by atoms with van der Waals surface area (Å²) in [5, 5.41) is 0. The van der Waals surface area contributed by atoms with E-state index in [1.54, 1.807) is 0 Å². The Hall–Kier alpha value is -1.35. The summed E-state index contributed by atoms with van der Waals surface area (Å²) < 4.78 is 0.995. The Morgan fingerprint density at radius 3 is 2.24 bits per heavy atom. The second-order valence-electron chi connectivity index (χ2n) is 4.24. The van der Waals surface area contributed by atoms with Crippen molar-refractivity contribution in [3.05, 3.63) is 52.1 Å². The smallest absolute Gasteiger partial charge is 0.132 e. The van der Waals surface area contributed by atoms with Crippen LogP contribution in [0.2, 0.25) is 0 Å². The molecule has 0 saturated heterocycles. The maximum atomic E-state index is 4.39. The first-order valence-corrected chi connectivity index (χ1v) is 6.29. The van der Waals surface area contributed by atoms with Crippen LogP contribution in [0.5, 0.6) is 0 Å². The highest BCUT2D eigenvalue weighted by Crippen LogP contribution is 2.24. The molecule has 0 amide bonds. The van der Waals surface area contributed by atoms with Gasteiger partial charge in [-0.05, 0) is 65.2 Å². The summed E-state index contributed by atoms with van der Waals surface area (Å²) in [6.45, 7) is 4.22. The maximum Gasteiger partial charge on any atom is 0.132 e. The first-order valence-electron chi connectivity index (χ1n) is 5.50. The van der Waals surface area contributed by atoms with Gasteiger partial charge in [0.2, 0.25) is 0 Å². The lowest BCUT2D eigenvalue weighted by molar-refractivity contribution is 1.12. The number of hydrogen-bond donors (Lipinski definition) is 0. The van der Waals surface area contributed by atoms with E-state index < -0.39 is 0 Å². The topological polar surface area (TPSA) is 16.1 Å².